The minimum atomic E-state index is 0.441. The Labute approximate surface area is 160 Å². The zero-order chi connectivity index (χ0) is 19.1. The Balaban J connectivity index is 1.48. The van der Waals surface area contributed by atoms with Gasteiger partial charge in [0.15, 0.2) is 5.65 Å². The van der Waals surface area contributed by atoms with Crippen LogP contribution in [-0.2, 0) is 13.6 Å². The maximum atomic E-state index is 5.86. The molecule has 5 aromatic heterocycles. The molecule has 0 aliphatic rings. The molecular weight excluding hydrogens is 354 g/mol. The van der Waals surface area contributed by atoms with E-state index >= 15 is 0 Å². The third-order valence-corrected chi connectivity index (χ3v) is 4.60. The SMILES string of the molecule is CCn1nc(-c2ccc(Oc3nc4cccnc4n3C)nc2)c2ncccc21. The summed E-state index contributed by atoms with van der Waals surface area (Å²) in [5, 5.41) is 4.68. The molecule has 0 aromatic carbocycles. The first-order valence-corrected chi connectivity index (χ1v) is 8.98. The van der Waals surface area contributed by atoms with Crippen LogP contribution in [0.5, 0.6) is 11.9 Å². The molecule has 28 heavy (non-hydrogen) atoms. The van der Waals surface area contributed by atoms with Crippen LogP contribution in [0.15, 0.2) is 55.0 Å². The molecule has 0 saturated heterocycles. The van der Waals surface area contributed by atoms with E-state index in [4.69, 9.17) is 4.74 Å². The summed E-state index contributed by atoms with van der Waals surface area (Å²) in [5.41, 5.74) is 5.10. The van der Waals surface area contributed by atoms with Gasteiger partial charge in [0.25, 0.3) is 0 Å². The average molecular weight is 371 g/mol. The zero-order valence-electron chi connectivity index (χ0n) is 15.4. The second kappa shape index (κ2) is 6.41. The summed E-state index contributed by atoms with van der Waals surface area (Å²) >= 11 is 0. The Bertz CT molecular complexity index is 1290. The lowest BCUT2D eigenvalue weighted by Crippen LogP contribution is -1.97. The standard InChI is InChI=1S/C20H17N7O/c1-3-27-15-7-5-10-21-18(15)17(25-27)13-8-9-16(23-12-13)28-20-24-14-6-4-11-22-19(14)26(20)2/h4-12H,3H2,1-2H3. The lowest BCUT2D eigenvalue weighted by molar-refractivity contribution is 0.412. The quantitative estimate of drug-likeness (QED) is 0.480. The molecule has 0 bridgehead atoms. The molecular formula is C20H17N7O. The highest BCUT2D eigenvalue weighted by molar-refractivity contribution is 5.89. The Morgan fingerprint density at radius 2 is 1.86 bits per heavy atom. The molecule has 5 heterocycles. The fraction of sp³-hybridized carbons (Fsp3) is 0.150. The van der Waals surface area contributed by atoms with Crippen LogP contribution >= 0.6 is 0 Å². The smallest absolute Gasteiger partial charge is 0.305 e. The maximum Gasteiger partial charge on any atom is 0.305 e. The predicted molar refractivity (Wildman–Crippen MR) is 105 cm³/mol. The molecule has 8 heteroatoms. The molecule has 0 spiro atoms. The molecule has 138 valence electrons. The van der Waals surface area contributed by atoms with Gasteiger partial charge in [0.2, 0.25) is 5.88 Å². The van der Waals surface area contributed by atoms with Crippen LogP contribution in [0.25, 0.3) is 33.5 Å². The van der Waals surface area contributed by atoms with Gasteiger partial charge in [-0.2, -0.15) is 10.1 Å². The fourth-order valence-corrected chi connectivity index (χ4v) is 3.21. The van der Waals surface area contributed by atoms with Crippen LogP contribution < -0.4 is 4.74 Å². The Morgan fingerprint density at radius 1 is 1.00 bits per heavy atom. The zero-order valence-corrected chi connectivity index (χ0v) is 15.4. The van der Waals surface area contributed by atoms with Crippen molar-refractivity contribution in [1.82, 2.24) is 34.3 Å². The molecule has 0 fully saturated rings. The van der Waals surface area contributed by atoms with Gasteiger partial charge >= 0.3 is 6.01 Å². The Hall–Kier alpha value is -3.81. The lowest BCUT2D eigenvalue weighted by atomic mass is 10.2. The van der Waals surface area contributed by atoms with Crippen molar-refractivity contribution in [2.24, 2.45) is 7.05 Å². The molecule has 0 unspecified atom stereocenters. The largest absolute Gasteiger partial charge is 0.406 e. The van der Waals surface area contributed by atoms with E-state index in [9.17, 15) is 0 Å². The van der Waals surface area contributed by atoms with Crippen molar-refractivity contribution in [3.8, 4) is 23.1 Å². The first-order valence-electron chi connectivity index (χ1n) is 8.98. The molecule has 0 saturated carbocycles. The van der Waals surface area contributed by atoms with Crippen molar-refractivity contribution in [3.63, 3.8) is 0 Å². The Kier molecular flexibility index (Phi) is 3.75. The van der Waals surface area contributed by atoms with Crippen LogP contribution in [0, 0.1) is 0 Å². The summed E-state index contributed by atoms with van der Waals surface area (Å²) in [6, 6.07) is 11.9. The normalized spacial score (nSPS) is 11.4. The summed E-state index contributed by atoms with van der Waals surface area (Å²) in [4.78, 5) is 17.7. The summed E-state index contributed by atoms with van der Waals surface area (Å²) in [5.74, 6) is 0.453. The van der Waals surface area contributed by atoms with Crippen LogP contribution in [0.3, 0.4) is 0 Å². The second-order valence-electron chi connectivity index (χ2n) is 6.32. The van der Waals surface area contributed by atoms with Gasteiger partial charge in [0, 0.05) is 43.8 Å². The third-order valence-electron chi connectivity index (χ3n) is 4.60. The van der Waals surface area contributed by atoms with Crippen molar-refractivity contribution in [2.45, 2.75) is 13.5 Å². The van der Waals surface area contributed by atoms with Crippen molar-refractivity contribution in [3.05, 3.63) is 55.0 Å². The van der Waals surface area contributed by atoms with Gasteiger partial charge in [-0.1, -0.05) is 0 Å². The third kappa shape index (κ3) is 2.58. The van der Waals surface area contributed by atoms with Crippen LogP contribution in [-0.4, -0.2) is 34.3 Å². The highest BCUT2D eigenvalue weighted by Gasteiger charge is 2.14. The minimum Gasteiger partial charge on any atom is -0.406 e. The van der Waals surface area contributed by atoms with Gasteiger partial charge in [-0.15, -0.1) is 0 Å². The number of hydrogen-bond donors (Lipinski definition) is 0. The number of ether oxygens (including phenoxy) is 1. The van der Waals surface area contributed by atoms with Crippen molar-refractivity contribution in [1.29, 1.82) is 0 Å². The molecule has 8 nitrogen and oxygen atoms in total. The van der Waals surface area contributed by atoms with E-state index in [1.54, 1.807) is 23.2 Å². The summed E-state index contributed by atoms with van der Waals surface area (Å²) < 4.78 is 9.59. The van der Waals surface area contributed by atoms with Gasteiger partial charge in [-0.25, -0.2) is 9.97 Å². The van der Waals surface area contributed by atoms with Gasteiger partial charge in [0.05, 0.1) is 5.52 Å². The number of nitrogens with zero attached hydrogens (tertiary/aromatic N) is 7. The molecule has 5 aromatic rings. The van der Waals surface area contributed by atoms with Crippen molar-refractivity contribution in [2.75, 3.05) is 0 Å². The number of rotatable bonds is 4. The van der Waals surface area contributed by atoms with Gasteiger partial charge in [-0.05, 0) is 37.3 Å². The van der Waals surface area contributed by atoms with E-state index < -0.39 is 0 Å². The van der Waals surface area contributed by atoms with E-state index in [-0.39, 0.29) is 0 Å². The second-order valence-corrected chi connectivity index (χ2v) is 6.32. The monoisotopic (exact) mass is 371 g/mol. The first-order chi connectivity index (χ1) is 13.7. The number of aryl methyl sites for hydroxylation is 2. The van der Waals surface area contributed by atoms with Gasteiger partial charge in [-0.3, -0.25) is 14.2 Å². The molecule has 5 rings (SSSR count). The average Bonchev–Trinajstić information content (AvgIpc) is 3.27. The number of pyridine rings is 3. The molecule has 0 amide bonds. The Morgan fingerprint density at radius 3 is 2.64 bits per heavy atom. The topological polar surface area (TPSA) is 83.5 Å². The molecule has 0 atom stereocenters. The number of aromatic nitrogens is 7. The fourth-order valence-electron chi connectivity index (χ4n) is 3.21. The van der Waals surface area contributed by atoms with Crippen LogP contribution in [0.2, 0.25) is 0 Å². The molecule has 0 N–H and O–H groups in total. The van der Waals surface area contributed by atoms with Crippen molar-refractivity contribution >= 4 is 22.2 Å². The summed E-state index contributed by atoms with van der Waals surface area (Å²) in [6.07, 6.45) is 5.25. The number of imidazole rings is 1. The number of fused-ring (bicyclic) bond motifs is 2. The van der Waals surface area contributed by atoms with E-state index in [1.807, 2.05) is 48.1 Å². The molecule has 0 radical (unpaired) electrons. The minimum absolute atomic E-state index is 0.441. The van der Waals surface area contributed by atoms with E-state index in [2.05, 4.69) is 32.0 Å². The summed E-state index contributed by atoms with van der Waals surface area (Å²) in [6.45, 7) is 2.83. The highest BCUT2D eigenvalue weighted by atomic mass is 16.5. The van der Waals surface area contributed by atoms with E-state index in [1.165, 1.54) is 0 Å². The summed E-state index contributed by atoms with van der Waals surface area (Å²) in [7, 11) is 1.86. The van der Waals surface area contributed by atoms with Crippen LogP contribution in [0.4, 0.5) is 0 Å². The predicted octanol–water partition coefficient (Wildman–Crippen LogP) is 3.59. The number of hydrogen-bond acceptors (Lipinski definition) is 6. The molecule has 0 aliphatic carbocycles. The highest BCUT2D eigenvalue weighted by Crippen LogP contribution is 2.28. The van der Waals surface area contributed by atoms with Gasteiger partial charge in [0.1, 0.15) is 16.7 Å². The lowest BCUT2D eigenvalue weighted by Gasteiger charge is -2.04. The maximum absolute atomic E-state index is 5.86. The van der Waals surface area contributed by atoms with Crippen LogP contribution in [0.1, 0.15) is 6.92 Å². The van der Waals surface area contributed by atoms with Crippen molar-refractivity contribution < 1.29 is 4.74 Å². The van der Waals surface area contributed by atoms with Gasteiger partial charge < -0.3 is 4.74 Å². The molecule has 0 aliphatic heterocycles. The van der Waals surface area contributed by atoms with E-state index in [0.29, 0.717) is 11.9 Å². The van der Waals surface area contributed by atoms with E-state index in [0.717, 1.165) is 40.0 Å². The first kappa shape index (κ1) is 16.4.